The van der Waals surface area contributed by atoms with Gasteiger partial charge >= 0.3 is 0 Å². The Morgan fingerprint density at radius 3 is 2.45 bits per heavy atom. The van der Waals surface area contributed by atoms with Gasteiger partial charge in [0.25, 0.3) is 0 Å². The van der Waals surface area contributed by atoms with E-state index >= 15 is 0 Å². The maximum absolute atomic E-state index is 9.30. The van der Waals surface area contributed by atoms with Gasteiger partial charge in [0.15, 0.2) is 0 Å². The lowest BCUT2D eigenvalue weighted by Crippen LogP contribution is -2.35. The van der Waals surface area contributed by atoms with Gasteiger partial charge in [-0.25, -0.2) is 0 Å². The third-order valence-corrected chi connectivity index (χ3v) is 1.29. The van der Waals surface area contributed by atoms with E-state index in [0.29, 0.717) is 6.54 Å². The molecule has 0 amide bonds. The Bertz CT molecular complexity index is 124. The fraction of sp³-hybridized carbons (Fsp3) is 0.778. The Morgan fingerprint density at radius 1 is 1.55 bits per heavy atom. The zero-order valence-electron chi connectivity index (χ0n) is 7.78. The standard InChI is InChI=1S/C9H19NO/c1-8(2)5-6-10-7-9(3,4)11/h10-11H,1,5-7H2,2-4H3. The van der Waals surface area contributed by atoms with Crippen molar-refractivity contribution in [2.24, 2.45) is 0 Å². The molecule has 11 heavy (non-hydrogen) atoms. The minimum atomic E-state index is -0.602. The monoisotopic (exact) mass is 157 g/mol. The summed E-state index contributed by atoms with van der Waals surface area (Å²) in [6.07, 6.45) is 0.982. The molecule has 2 heteroatoms. The molecule has 0 radical (unpaired) electrons. The number of hydrogen-bond acceptors (Lipinski definition) is 2. The Kier molecular flexibility index (Phi) is 4.38. The second-order valence-electron chi connectivity index (χ2n) is 3.70. The number of nitrogens with one attached hydrogen (secondary N) is 1. The van der Waals surface area contributed by atoms with Crippen LogP contribution in [0.1, 0.15) is 27.2 Å². The van der Waals surface area contributed by atoms with Crippen LogP contribution < -0.4 is 5.32 Å². The van der Waals surface area contributed by atoms with Crippen LogP contribution in [0.5, 0.6) is 0 Å². The molecule has 0 bridgehead atoms. The molecule has 0 aliphatic heterocycles. The number of hydrogen-bond donors (Lipinski definition) is 2. The van der Waals surface area contributed by atoms with Gasteiger partial charge < -0.3 is 10.4 Å². The first-order valence-electron chi connectivity index (χ1n) is 3.99. The molecule has 0 aliphatic carbocycles. The van der Waals surface area contributed by atoms with Crippen LogP contribution in [0.2, 0.25) is 0 Å². The van der Waals surface area contributed by atoms with E-state index in [1.807, 2.05) is 6.92 Å². The van der Waals surface area contributed by atoms with Gasteiger partial charge in [0.2, 0.25) is 0 Å². The van der Waals surface area contributed by atoms with Crippen LogP contribution in [-0.4, -0.2) is 23.8 Å². The van der Waals surface area contributed by atoms with Gasteiger partial charge in [0.1, 0.15) is 0 Å². The summed E-state index contributed by atoms with van der Waals surface area (Å²) in [6.45, 7) is 10.9. The minimum absolute atomic E-state index is 0.602. The summed E-state index contributed by atoms with van der Waals surface area (Å²) in [7, 11) is 0. The van der Waals surface area contributed by atoms with Crippen molar-refractivity contribution in [1.29, 1.82) is 0 Å². The van der Waals surface area contributed by atoms with E-state index in [1.54, 1.807) is 13.8 Å². The first-order chi connectivity index (χ1) is 4.92. The van der Waals surface area contributed by atoms with Gasteiger partial charge in [-0.3, -0.25) is 0 Å². The molecule has 0 rings (SSSR count). The van der Waals surface area contributed by atoms with Crippen molar-refractivity contribution in [2.45, 2.75) is 32.8 Å². The fourth-order valence-electron chi connectivity index (χ4n) is 0.696. The van der Waals surface area contributed by atoms with Crippen LogP contribution in [0.4, 0.5) is 0 Å². The van der Waals surface area contributed by atoms with Gasteiger partial charge in [-0.05, 0) is 33.7 Å². The summed E-state index contributed by atoms with van der Waals surface area (Å²) < 4.78 is 0. The Balaban J connectivity index is 3.22. The molecule has 0 saturated heterocycles. The van der Waals surface area contributed by atoms with Crippen molar-refractivity contribution >= 4 is 0 Å². The molecule has 0 atom stereocenters. The third kappa shape index (κ3) is 9.66. The molecule has 0 spiro atoms. The topological polar surface area (TPSA) is 32.3 Å². The molecule has 0 heterocycles. The van der Waals surface area contributed by atoms with Gasteiger partial charge in [-0.15, -0.1) is 6.58 Å². The van der Waals surface area contributed by atoms with E-state index < -0.39 is 5.60 Å². The van der Waals surface area contributed by atoms with Crippen LogP contribution in [0.25, 0.3) is 0 Å². The third-order valence-electron chi connectivity index (χ3n) is 1.29. The summed E-state index contributed by atoms with van der Waals surface area (Å²) in [5.74, 6) is 0. The van der Waals surface area contributed by atoms with E-state index in [9.17, 15) is 5.11 Å². The lowest BCUT2D eigenvalue weighted by Gasteiger charge is -2.17. The molecule has 2 N–H and O–H groups in total. The van der Waals surface area contributed by atoms with E-state index in [-0.39, 0.29) is 0 Å². The highest BCUT2D eigenvalue weighted by molar-refractivity contribution is 4.88. The predicted molar refractivity (Wildman–Crippen MR) is 48.6 cm³/mol. The molecule has 0 fully saturated rings. The molecule has 2 nitrogen and oxygen atoms in total. The van der Waals surface area contributed by atoms with E-state index in [2.05, 4.69) is 11.9 Å². The van der Waals surface area contributed by atoms with Gasteiger partial charge in [-0.2, -0.15) is 0 Å². The minimum Gasteiger partial charge on any atom is -0.389 e. The van der Waals surface area contributed by atoms with Crippen LogP contribution in [0, 0.1) is 0 Å². The maximum atomic E-state index is 9.30. The van der Waals surface area contributed by atoms with E-state index in [0.717, 1.165) is 13.0 Å². The summed E-state index contributed by atoms with van der Waals surface area (Å²) >= 11 is 0. The van der Waals surface area contributed by atoms with Gasteiger partial charge in [0.05, 0.1) is 5.60 Å². The number of rotatable bonds is 5. The maximum Gasteiger partial charge on any atom is 0.0715 e. The highest BCUT2D eigenvalue weighted by Crippen LogP contribution is 1.98. The second kappa shape index (κ2) is 4.52. The molecule has 0 aliphatic rings. The summed E-state index contributed by atoms with van der Waals surface area (Å²) in [5.41, 5.74) is 0.572. The molecule has 0 aromatic heterocycles. The Morgan fingerprint density at radius 2 is 2.09 bits per heavy atom. The average molecular weight is 157 g/mol. The van der Waals surface area contributed by atoms with Crippen molar-refractivity contribution in [3.8, 4) is 0 Å². The quantitative estimate of drug-likeness (QED) is 0.466. The van der Waals surface area contributed by atoms with Crippen LogP contribution in [0.3, 0.4) is 0 Å². The summed E-state index contributed by atoms with van der Waals surface area (Å²) in [4.78, 5) is 0. The number of aliphatic hydroxyl groups is 1. The normalized spacial score (nSPS) is 11.6. The molecule has 0 unspecified atom stereocenters. The summed E-state index contributed by atoms with van der Waals surface area (Å²) in [5, 5.41) is 12.4. The molecule has 0 aromatic carbocycles. The predicted octanol–water partition coefficient (Wildman–Crippen LogP) is 1.31. The van der Waals surface area contributed by atoms with E-state index in [4.69, 9.17) is 0 Å². The van der Waals surface area contributed by atoms with Crippen molar-refractivity contribution in [3.63, 3.8) is 0 Å². The lowest BCUT2D eigenvalue weighted by molar-refractivity contribution is 0.0801. The largest absolute Gasteiger partial charge is 0.389 e. The second-order valence-corrected chi connectivity index (χ2v) is 3.70. The molecular weight excluding hydrogens is 138 g/mol. The van der Waals surface area contributed by atoms with Crippen molar-refractivity contribution < 1.29 is 5.11 Å². The zero-order chi connectivity index (χ0) is 8.91. The van der Waals surface area contributed by atoms with Crippen LogP contribution in [-0.2, 0) is 0 Å². The Hall–Kier alpha value is -0.340. The van der Waals surface area contributed by atoms with Crippen molar-refractivity contribution in [3.05, 3.63) is 12.2 Å². The highest BCUT2D eigenvalue weighted by atomic mass is 16.3. The summed E-state index contributed by atoms with van der Waals surface area (Å²) in [6, 6.07) is 0. The van der Waals surface area contributed by atoms with Gasteiger partial charge in [0, 0.05) is 6.54 Å². The molecule has 0 aromatic rings. The molecular formula is C9H19NO. The molecule has 0 saturated carbocycles. The smallest absolute Gasteiger partial charge is 0.0715 e. The van der Waals surface area contributed by atoms with Crippen molar-refractivity contribution in [2.75, 3.05) is 13.1 Å². The van der Waals surface area contributed by atoms with Gasteiger partial charge in [-0.1, -0.05) is 5.57 Å². The fourth-order valence-corrected chi connectivity index (χ4v) is 0.696. The SMILES string of the molecule is C=C(C)CCNCC(C)(C)O. The van der Waals surface area contributed by atoms with E-state index in [1.165, 1.54) is 5.57 Å². The van der Waals surface area contributed by atoms with Crippen LogP contribution in [0.15, 0.2) is 12.2 Å². The first kappa shape index (κ1) is 10.7. The van der Waals surface area contributed by atoms with Crippen molar-refractivity contribution in [1.82, 2.24) is 5.32 Å². The van der Waals surface area contributed by atoms with Crippen LogP contribution >= 0.6 is 0 Å². The zero-order valence-corrected chi connectivity index (χ0v) is 7.78. The molecule has 66 valence electrons. The Labute approximate surface area is 69.3 Å². The average Bonchev–Trinajstić information content (AvgIpc) is 1.78. The highest BCUT2D eigenvalue weighted by Gasteiger charge is 2.10. The first-order valence-corrected chi connectivity index (χ1v) is 3.99. The lowest BCUT2D eigenvalue weighted by atomic mass is 10.1.